The third-order valence-corrected chi connectivity index (χ3v) is 3.21. The van der Waals surface area contributed by atoms with Gasteiger partial charge in [0.05, 0.1) is 0 Å². The molecule has 1 unspecified atom stereocenters. The van der Waals surface area contributed by atoms with E-state index in [0.29, 0.717) is 6.04 Å². The highest BCUT2D eigenvalue weighted by atomic mass is 16.2. The van der Waals surface area contributed by atoms with Crippen LogP contribution in [0.5, 0.6) is 0 Å². The molecule has 1 aliphatic heterocycles. The molecule has 0 spiro atoms. The Morgan fingerprint density at radius 2 is 2.31 bits per heavy atom. The molecule has 1 aliphatic rings. The van der Waals surface area contributed by atoms with Gasteiger partial charge in [-0.1, -0.05) is 0 Å². The number of carbonyl (C=O) groups excluding carboxylic acids is 1. The smallest absolute Gasteiger partial charge is 0.254 e. The van der Waals surface area contributed by atoms with E-state index in [4.69, 9.17) is 0 Å². The van der Waals surface area contributed by atoms with Gasteiger partial charge in [0.2, 0.25) is 0 Å². The molecule has 2 heterocycles. The van der Waals surface area contributed by atoms with E-state index < -0.39 is 0 Å². The molecule has 1 aromatic heterocycles. The minimum atomic E-state index is 0.151. The second-order valence-electron chi connectivity index (χ2n) is 4.53. The molecule has 2 rings (SSSR count). The number of piperidine rings is 1. The van der Waals surface area contributed by atoms with Crippen LogP contribution in [0, 0.1) is 6.92 Å². The summed E-state index contributed by atoms with van der Waals surface area (Å²) in [5, 5.41) is 0. The highest BCUT2D eigenvalue weighted by Gasteiger charge is 2.23. The molecule has 0 radical (unpaired) electrons. The fourth-order valence-electron chi connectivity index (χ4n) is 2.24. The molecule has 1 fully saturated rings. The zero-order chi connectivity index (χ0) is 11.5. The Bertz CT molecular complexity index is 389. The topological polar surface area (TPSA) is 33.2 Å². The first kappa shape index (κ1) is 11.1. The molecule has 86 valence electrons. The lowest BCUT2D eigenvalue weighted by molar-refractivity contribution is 0.0635. The molecule has 1 atom stereocenters. The van der Waals surface area contributed by atoms with Crippen LogP contribution in [0.15, 0.2) is 18.3 Å². The van der Waals surface area contributed by atoms with Gasteiger partial charge in [-0.3, -0.25) is 9.78 Å². The number of hydrogen-bond acceptors (Lipinski definition) is 2. The Morgan fingerprint density at radius 1 is 1.50 bits per heavy atom. The van der Waals surface area contributed by atoms with Crippen molar-refractivity contribution in [2.45, 2.75) is 39.2 Å². The van der Waals surface area contributed by atoms with Gasteiger partial charge in [-0.25, -0.2) is 0 Å². The fourth-order valence-corrected chi connectivity index (χ4v) is 2.24. The summed E-state index contributed by atoms with van der Waals surface area (Å²) >= 11 is 0. The number of amides is 1. The van der Waals surface area contributed by atoms with Gasteiger partial charge < -0.3 is 4.90 Å². The lowest BCUT2D eigenvalue weighted by Crippen LogP contribution is -2.42. The molecule has 0 saturated carbocycles. The van der Waals surface area contributed by atoms with Crippen LogP contribution in [0.3, 0.4) is 0 Å². The average Bonchev–Trinajstić information content (AvgIpc) is 2.29. The first-order valence-electron chi connectivity index (χ1n) is 5.92. The van der Waals surface area contributed by atoms with Gasteiger partial charge in [-0.2, -0.15) is 0 Å². The Labute approximate surface area is 96.5 Å². The van der Waals surface area contributed by atoms with Crippen LogP contribution in [-0.2, 0) is 0 Å². The van der Waals surface area contributed by atoms with Gasteiger partial charge in [0, 0.05) is 30.0 Å². The summed E-state index contributed by atoms with van der Waals surface area (Å²) < 4.78 is 0. The van der Waals surface area contributed by atoms with Crippen molar-refractivity contribution in [2.24, 2.45) is 0 Å². The minimum Gasteiger partial charge on any atom is -0.336 e. The summed E-state index contributed by atoms with van der Waals surface area (Å²) in [5.41, 5.74) is 1.66. The van der Waals surface area contributed by atoms with Crippen molar-refractivity contribution in [3.63, 3.8) is 0 Å². The molecule has 3 nitrogen and oxygen atoms in total. The van der Waals surface area contributed by atoms with Crippen molar-refractivity contribution >= 4 is 5.91 Å². The largest absolute Gasteiger partial charge is 0.336 e. The number of likely N-dealkylation sites (tertiary alicyclic amines) is 1. The lowest BCUT2D eigenvalue weighted by Gasteiger charge is -2.33. The first-order chi connectivity index (χ1) is 7.68. The predicted octanol–water partition coefficient (Wildman–Crippen LogP) is 2.40. The van der Waals surface area contributed by atoms with Crippen LogP contribution in [0.25, 0.3) is 0 Å². The van der Waals surface area contributed by atoms with E-state index in [9.17, 15) is 4.79 Å². The molecule has 16 heavy (non-hydrogen) atoms. The van der Waals surface area contributed by atoms with E-state index in [0.717, 1.165) is 30.6 Å². The Balaban J connectivity index is 2.17. The summed E-state index contributed by atoms with van der Waals surface area (Å²) in [4.78, 5) is 18.4. The van der Waals surface area contributed by atoms with Crippen molar-refractivity contribution in [2.75, 3.05) is 6.54 Å². The molecule has 0 bridgehead atoms. The second-order valence-corrected chi connectivity index (χ2v) is 4.53. The fraction of sp³-hybridized carbons (Fsp3) is 0.538. The van der Waals surface area contributed by atoms with Gasteiger partial charge in [-0.05, 0) is 45.2 Å². The van der Waals surface area contributed by atoms with Gasteiger partial charge >= 0.3 is 0 Å². The summed E-state index contributed by atoms with van der Waals surface area (Å²) in [6.07, 6.45) is 5.19. The van der Waals surface area contributed by atoms with Crippen LogP contribution in [-0.4, -0.2) is 28.4 Å². The van der Waals surface area contributed by atoms with Crippen LogP contribution in [0.1, 0.15) is 42.2 Å². The number of pyridine rings is 1. The van der Waals surface area contributed by atoms with E-state index in [1.165, 1.54) is 6.42 Å². The molecular weight excluding hydrogens is 200 g/mol. The van der Waals surface area contributed by atoms with E-state index in [1.807, 2.05) is 17.9 Å². The highest BCUT2D eigenvalue weighted by Crippen LogP contribution is 2.19. The second kappa shape index (κ2) is 4.64. The standard InChI is InChI=1S/C13H18N2O/c1-10-9-12(6-7-14-10)13(16)15-8-4-3-5-11(15)2/h6-7,9,11H,3-5,8H2,1-2H3. The van der Waals surface area contributed by atoms with E-state index in [1.54, 1.807) is 12.3 Å². The number of nitrogens with zero attached hydrogens (tertiary/aromatic N) is 2. The number of carbonyl (C=O) groups is 1. The maximum Gasteiger partial charge on any atom is 0.254 e. The van der Waals surface area contributed by atoms with Crippen LogP contribution < -0.4 is 0 Å². The predicted molar refractivity (Wildman–Crippen MR) is 63.3 cm³/mol. The molecule has 0 aromatic carbocycles. The van der Waals surface area contributed by atoms with Crippen LogP contribution in [0.4, 0.5) is 0 Å². The maximum absolute atomic E-state index is 12.3. The van der Waals surface area contributed by atoms with E-state index in [2.05, 4.69) is 11.9 Å². The Kier molecular flexibility index (Phi) is 3.22. The maximum atomic E-state index is 12.3. The zero-order valence-electron chi connectivity index (χ0n) is 9.94. The monoisotopic (exact) mass is 218 g/mol. The third kappa shape index (κ3) is 2.23. The molecule has 0 aliphatic carbocycles. The molecule has 0 N–H and O–H groups in total. The van der Waals surface area contributed by atoms with Gasteiger partial charge in [0.15, 0.2) is 0 Å². The van der Waals surface area contributed by atoms with Gasteiger partial charge in [0.1, 0.15) is 0 Å². The third-order valence-electron chi connectivity index (χ3n) is 3.21. The summed E-state index contributed by atoms with van der Waals surface area (Å²) in [7, 11) is 0. The Hall–Kier alpha value is -1.38. The van der Waals surface area contributed by atoms with Crippen molar-refractivity contribution < 1.29 is 4.79 Å². The number of aryl methyl sites for hydroxylation is 1. The molecular formula is C13H18N2O. The van der Waals surface area contributed by atoms with Gasteiger partial charge in [0.25, 0.3) is 5.91 Å². The summed E-state index contributed by atoms with van der Waals surface area (Å²) in [6.45, 7) is 4.93. The van der Waals surface area contributed by atoms with Gasteiger partial charge in [-0.15, -0.1) is 0 Å². The lowest BCUT2D eigenvalue weighted by atomic mass is 10.0. The summed E-state index contributed by atoms with van der Waals surface area (Å²) in [5.74, 6) is 0.151. The van der Waals surface area contributed by atoms with E-state index in [-0.39, 0.29) is 5.91 Å². The SMILES string of the molecule is Cc1cc(C(=O)N2CCCCC2C)ccn1. The Morgan fingerprint density at radius 3 is 3.00 bits per heavy atom. The molecule has 3 heteroatoms. The van der Waals surface area contributed by atoms with E-state index >= 15 is 0 Å². The molecule has 1 saturated heterocycles. The number of rotatable bonds is 1. The highest BCUT2D eigenvalue weighted by molar-refractivity contribution is 5.94. The average molecular weight is 218 g/mol. The summed E-state index contributed by atoms with van der Waals surface area (Å²) in [6, 6.07) is 4.04. The van der Waals surface area contributed by atoms with Crippen LogP contribution >= 0.6 is 0 Å². The van der Waals surface area contributed by atoms with Crippen molar-refractivity contribution in [3.05, 3.63) is 29.6 Å². The van der Waals surface area contributed by atoms with Crippen molar-refractivity contribution in [1.29, 1.82) is 0 Å². The minimum absolute atomic E-state index is 0.151. The number of aromatic nitrogens is 1. The van der Waals surface area contributed by atoms with Crippen LogP contribution in [0.2, 0.25) is 0 Å². The van der Waals surface area contributed by atoms with Crippen molar-refractivity contribution in [1.82, 2.24) is 9.88 Å². The molecule has 1 aromatic rings. The quantitative estimate of drug-likeness (QED) is 0.725. The first-order valence-corrected chi connectivity index (χ1v) is 5.92. The van der Waals surface area contributed by atoms with Crippen molar-refractivity contribution in [3.8, 4) is 0 Å². The number of hydrogen-bond donors (Lipinski definition) is 0. The zero-order valence-corrected chi connectivity index (χ0v) is 9.94. The molecule has 1 amide bonds. The normalized spacial score (nSPS) is 20.9.